The molecule has 0 amide bonds. The van der Waals surface area contributed by atoms with E-state index in [1.165, 1.54) is 23.1 Å². The maximum Gasteiger partial charge on any atom is 0.0757 e. The van der Waals surface area contributed by atoms with Gasteiger partial charge in [-0.05, 0) is 56.3 Å². The first-order valence-corrected chi connectivity index (χ1v) is 6.97. The van der Waals surface area contributed by atoms with E-state index in [2.05, 4.69) is 44.3 Å². The van der Waals surface area contributed by atoms with Gasteiger partial charge in [0.1, 0.15) is 0 Å². The molecule has 1 saturated heterocycles. The molecular weight excluding hydrogens is 222 g/mol. The third-order valence-electron chi connectivity index (χ3n) is 4.28. The number of hydrogen-bond donors (Lipinski definition) is 1. The average Bonchev–Trinajstić information content (AvgIpc) is 2.76. The van der Waals surface area contributed by atoms with E-state index in [-0.39, 0.29) is 0 Å². The molecule has 2 rings (SSSR count). The van der Waals surface area contributed by atoms with Crippen LogP contribution in [-0.4, -0.2) is 25.8 Å². The molecule has 1 heterocycles. The third-order valence-corrected chi connectivity index (χ3v) is 4.28. The topological polar surface area (TPSA) is 21.3 Å². The van der Waals surface area contributed by atoms with Crippen LogP contribution in [0.15, 0.2) is 18.2 Å². The third kappa shape index (κ3) is 2.76. The van der Waals surface area contributed by atoms with Crippen molar-refractivity contribution in [2.75, 3.05) is 13.7 Å². The highest BCUT2D eigenvalue weighted by Crippen LogP contribution is 2.26. The maximum absolute atomic E-state index is 5.91. The van der Waals surface area contributed by atoms with E-state index in [9.17, 15) is 0 Å². The molecule has 100 valence electrons. The van der Waals surface area contributed by atoms with Crippen LogP contribution in [-0.2, 0) is 11.2 Å². The van der Waals surface area contributed by atoms with Crippen LogP contribution in [0.3, 0.4) is 0 Å². The number of benzene rings is 1. The molecule has 3 unspecified atom stereocenters. The summed E-state index contributed by atoms with van der Waals surface area (Å²) in [7, 11) is 2.05. The zero-order valence-electron chi connectivity index (χ0n) is 12.0. The van der Waals surface area contributed by atoms with Gasteiger partial charge in [-0.25, -0.2) is 0 Å². The van der Waals surface area contributed by atoms with Crippen molar-refractivity contribution in [3.8, 4) is 0 Å². The Hall–Kier alpha value is -0.860. The summed E-state index contributed by atoms with van der Waals surface area (Å²) in [5, 5.41) is 3.45. The zero-order valence-corrected chi connectivity index (χ0v) is 12.0. The fraction of sp³-hybridized carbons (Fsp3) is 0.625. The number of likely N-dealkylation sites (N-methyl/N-ethyl adjacent to an activating group) is 1. The van der Waals surface area contributed by atoms with Crippen molar-refractivity contribution in [2.24, 2.45) is 5.92 Å². The van der Waals surface area contributed by atoms with Crippen molar-refractivity contribution in [1.82, 2.24) is 5.32 Å². The lowest BCUT2D eigenvalue weighted by molar-refractivity contribution is 0.0633. The molecule has 1 aliphatic heterocycles. The molecule has 1 fully saturated rings. The van der Waals surface area contributed by atoms with Gasteiger partial charge >= 0.3 is 0 Å². The number of ether oxygens (including phenoxy) is 1. The standard InChI is InChI=1S/C16H25NO/c1-11-6-5-7-12(2)14(11)10-15(17-4)16-13(3)8-9-18-16/h5-7,13,15-17H,8-10H2,1-4H3. The molecule has 0 radical (unpaired) electrons. The number of rotatable bonds is 4. The van der Waals surface area contributed by atoms with Crippen molar-refractivity contribution < 1.29 is 4.74 Å². The Balaban J connectivity index is 2.15. The predicted molar refractivity (Wildman–Crippen MR) is 76.0 cm³/mol. The van der Waals surface area contributed by atoms with Gasteiger partial charge in [0.05, 0.1) is 6.10 Å². The van der Waals surface area contributed by atoms with Crippen LogP contribution in [0.4, 0.5) is 0 Å². The summed E-state index contributed by atoms with van der Waals surface area (Å²) >= 11 is 0. The van der Waals surface area contributed by atoms with Gasteiger partial charge in [-0.2, -0.15) is 0 Å². The Morgan fingerprint density at radius 2 is 2.00 bits per heavy atom. The Labute approximate surface area is 111 Å². The highest BCUT2D eigenvalue weighted by Gasteiger charge is 2.31. The minimum absolute atomic E-state index is 0.356. The SMILES string of the molecule is CNC(Cc1c(C)cccc1C)C1OCCC1C. The Morgan fingerprint density at radius 1 is 1.33 bits per heavy atom. The highest BCUT2D eigenvalue weighted by atomic mass is 16.5. The molecule has 0 bridgehead atoms. The van der Waals surface area contributed by atoms with Crippen LogP contribution in [0.5, 0.6) is 0 Å². The van der Waals surface area contributed by atoms with Gasteiger partial charge in [-0.3, -0.25) is 0 Å². The lowest BCUT2D eigenvalue weighted by Crippen LogP contribution is -2.42. The van der Waals surface area contributed by atoms with E-state index in [1.54, 1.807) is 0 Å². The summed E-state index contributed by atoms with van der Waals surface area (Å²) in [5.41, 5.74) is 4.25. The van der Waals surface area contributed by atoms with E-state index >= 15 is 0 Å². The number of nitrogens with one attached hydrogen (secondary N) is 1. The molecule has 1 aliphatic rings. The molecule has 1 aromatic carbocycles. The van der Waals surface area contributed by atoms with Gasteiger partial charge in [0.25, 0.3) is 0 Å². The van der Waals surface area contributed by atoms with Crippen LogP contribution in [0.1, 0.15) is 30.0 Å². The minimum Gasteiger partial charge on any atom is -0.376 e. The molecule has 3 atom stereocenters. The van der Waals surface area contributed by atoms with Crippen LogP contribution < -0.4 is 5.32 Å². The Morgan fingerprint density at radius 3 is 2.50 bits per heavy atom. The Kier molecular flexibility index (Phi) is 4.41. The number of hydrogen-bond acceptors (Lipinski definition) is 2. The summed E-state index contributed by atoms with van der Waals surface area (Å²) in [4.78, 5) is 0. The first kappa shape index (κ1) is 13.6. The second kappa shape index (κ2) is 5.85. The summed E-state index contributed by atoms with van der Waals surface area (Å²) in [6, 6.07) is 6.96. The van der Waals surface area contributed by atoms with Crippen LogP contribution >= 0.6 is 0 Å². The van der Waals surface area contributed by atoms with Gasteiger partial charge in [-0.15, -0.1) is 0 Å². The van der Waals surface area contributed by atoms with E-state index in [0.29, 0.717) is 18.1 Å². The quantitative estimate of drug-likeness (QED) is 0.883. The zero-order chi connectivity index (χ0) is 13.1. The molecule has 18 heavy (non-hydrogen) atoms. The molecule has 2 heteroatoms. The van der Waals surface area contributed by atoms with Crippen molar-refractivity contribution in [3.05, 3.63) is 34.9 Å². The van der Waals surface area contributed by atoms with E-state index in [1.807, 2.05) is 7.05 Å². The van der Waals surface area contributed by atoms with Gasteiger partial charge in [-0.1, -0.05) is 25.1 Å². The maximum atomic E-state index is 5.91. The fourth-order valence-electron chi connectivity index (χ4n) is 3.00. The molecule has 1 N–H and O–H groups in total. The Bertz CT molecular complexity index is 382. The number of aryl methyl sites for hydroxylation is 2. The predicted octanol–water partition coefficient (Wildman–Crippen LogP) is 2.86. The summed E-state index contributed by atoms with van der Waals surface area (Å²) in [6.07, 6.45) is 2.61. The van der Waals surface area contributed by atoms with Gasteiger partial charge in [0, 0.05) is 12.6 Å². The highest BCUT2D eigenvalue weighted by molar-refractivity contribution is 5.34. The molecule has 0 saturated carbocycles. The summed E-state index contributed by atoms with van der Waals surface area (Å²) < 4.78 is 5.91. The summed E-state index contributed by atoms with van der Waals surface area (Å²) in [6.45, 7) is 7.62. The van der Waals surface area contributed by atoms with Crippen LogP contribution in [0.2, 0.25) is 0 Å². The molecule has 0 spiro atoms. The molecule has 2 nitrogen and oxygen atoms in total. The average molecular weight is 247 g/mol. The second-order valence-electron chi connectivity index (χ2n) is 5.57. The fourth-order valence-corrected chi connectivity index (χ4v) is 3.00. The monoisotopic (exact) mass is 247 g/mol. The lowest BCUT2D eigenvalue weighted by Gasteiger charge is -2.27. The van der Waals surface area contributed by atoms with Gasteiger partial charge < -0.3 is 10.1 Å². The van der Waals surface area contributed by atoms with Crippen molar-refractivity contribution in [1.29, 1.82) is 0 Å². The lowest BCUT2D eigenvalue weighted by atomic mass is 9.90. The van der Waals surface area contributed by atoms with E-state index in [0.717, 1.165) is 13.0 Å². The summed E-state index contributed by atoms with van der Waals surface area (Å²) in [5.74, 6) is 0.659. The van der Waals surface area contributed by atoms with Crippen molar-refractivity contribution in [2.45, 2.75) is 45.8 Å². The van der Waals surface area contributed by atoms with E-state index in [4.69, 9.17) is 4.74 Å². The molecule has 1 aromatic rings. The van der Waals surface area contributed by atoms with Crippen LogP contribution in [0, 0.1) is 19.8 Å². The van der Waals surface area contributed by atoms with Gasteiger partial charge in [0.15, 0.2) is 0 Å². The minimum atomic E-state index is 0.356. The smallest absolute Gasteiger partial charge is 0.0757 e. The first-order valence-electron chi connectivity index (χ1n) is 6.97. The van der Waals surface area contributed by atoms with Gasteiger partial charge in [0.2, 0.25) is 0 Å². The molecule has 0 aliphatic carbocycles. The van der Waals surface area contributed by atoms with Crippen LogP contribution in [0.25, 0.3) is 0 Å². The van der Waals surface area contributed by atoms with Crippen molar-refractivity contribution in [3.63, 3.8) is 0 Å². The second-order valence-corrected chi connectivity index (χ2v) is 5.57. The van der Waals surface area contributed by atoms with E-state index < -0.39 is 0 Å². The van der Waals surface area contributed by atoms with Crippen molar-refractivity contribution >= 4 is 0 Å². The molecule has 0 aromatic heterocycles. The molecular formula is C16H25NO. The largest absolute Gasteiger partial charge is 0.376 e. The normalized spacial score (nSPS) is 25.3. The first-order chi connectivity index (χ1) is 8.63.